The summed E-state index contributed by atoms with van der Waals surface area (Å²) >= 11 is 0. The molecule has 8 N–H and O–H groups in total. The van der Waals surface area contributed by atoms with E-state index in [0.717, 1.165) is 5.56 Å². The Bertz CT molecular complexity index is 721. The lowest BCUT2D eigenvalue weighted by Gasteiger charge is -2.40. The number of ether oxygens (including phenoxy) is 2. The minimum absolute atomic E-state index is 0.232. The minimum Gasteiger partial charge on any atom is -0.394 e. The molecule has 0 amide bonds. The summed E-state index contributed by atoms with van der Waals surface area (Å²) in [5, 5.41) is 78.3. The van der Waals surface area contributed by atoms with Gasteiger partial charge in [-0.15, -0.1) is 0 Å². The summed E-state index contributed by atoms with van der Waals surface area (Å²) in [4.78, 5) is 0. The van der Waals surface area contributed by atoms with Crippen molar-refractivity contribution in [1.29, 1.82) is 0 Å². The predicted octanol–water partition coefficient (Wildman–Crippen LogP) is -2.55. The molecule has 0 aliphatic carbocycles. The molecule has 31 heavy (non-hydrogen) atoms. The number of hydrogen-bond donors (Lipinski definition) is 8. The van der Waals surface area contributed by atoms with Crippen LogP contribution in [0.1, 0.15) is 23.7 Å². The Labute approximate surface area is 179 Å². The molecule has 3 rings (SSSR count). The highest BCUT2D eigenvalue weighted by atomic mass is 16.5. The van der Waals surface area contributed by atoms with Crippen LogP contribution in [0.3, 0.4) is 0 Å². The summed E-state index contributed by atoms with van der Waals surface area (Å²) in [7, 11) is 0. The SMILES string of the molecule is OC[C@H]1O[C@H](C/C=C/c2ccc([C@H]3O[C@H](CO)[C@@H](O)[C@H](O)[C@@H]3O)cc2)[C@@H](O)[C@@H](O)[C@@H]1O. The highest BCUT2D eigenvalue weighted by Gasteiger charge is 2.44. The maximum absolute atomic E-state index is 10.2. The summed E-state index contributed by atoms with van der Waals surface area (Å²) < 4.78 is 11.0. The topological polar surface area (TPSA) is 180 Å². The molecule has 2 aliphatic rings. The molecule has 1 aromatic rings. The normalized spacial score (nSPS) is 41.5. The van der Waals surface area contributed by atoms with Gasteiger partial charge in [0.2, 0.25) is 0 Å². The molecule has 2 fully saturated rings. The summed E-state index contributed by atoms with van der Waals surface area (Å²) in [6.45, 7) is -0.981. The minimum atomic E-state index is -1.45. The molecular formula is C21H30O10. The second-order valence-corrected chi connectivity index (χ2v) is 7.92. The van der Waals surface area contributed by atoms with Gasteiger partial charge in [-0.25, -0.2) is 0 Å². The van der Waals surface area contributed by atoms with Crippen molar-refractivity contribution >= 4 is 6.08 Å². The van der Waals surface area contributed by atoms with Gasteiger partial charge in [0.25, 0.3) is 0 Å². The third-order valence-electron chi connectivity index (χ3n) is 5.83. The van der Waals surface area contributed by atoms with Crippen molar-refractivity contribution in [2.45, 2.75) is 67.5 Å². The van der Waals surface area contributed by atoms with E-state index in [4.69, 9.17) is 9.47 Å². The van der Waals surface area contributed by atoms with Gasteiger partial charge in [-0.3, -0.25) is 0 Å². The Hall–Kier alpha value is -1.44. The highest BCUT2D eigenvalue weighted by molar-refractivity contribution is 5.50. The zero-order valence-electron chi connectivity index (χ0n) is 16.8. The molecule has 10 nitrogen and oxygen atoms in total. The fourth-order valence-electron chi connectivity index (χ4n) is 3.89. The van der Waals surface area contributed by atoms with Crippen molar-refractivity contribution in [3.63, 3.8) is 0 Å². The van der Waals surface area contributed by atoms with Crippen LogP contribution in [0.5, 0.6) is 0 Å². The van der Waals surface area contributed by atoms with Crippen LogP contribution in [-0.4, -0.2) is 109 Å². The Kier molecular flexibility index (Phi) is 8.16. The summed E-state index contributed by atoms with van der Waals surface area (Å²) in [5.74, 6) is 0. The van der Waals surface area contributed by atoms with E-state index in [0.29, 0.717) is 5.56 Å². The van der Waals surface area contributed by atoms with Gasteiger partial charge in [0, 0.05) is 0 Å². The third kappa shape index (κ3) is 5.15. The monoisotopic (exact) mass is 442 g/mol. The molecular weight excluding hydrogens is 412 g/mol. The van der Waals surface area contributed by atoms with Crippen LogP contribution in [0.2, 0.25) is 0 Å². The number of aliphatic hydroxyl groups is 8. The van der Waals surface area contributed by atoms with Crippen molar-refractivity contribution in [3.05, 3.63) is 41.5 Å². The first-order valence-corrected chi connectivity index (χ1v) is 10.2. The van der Waals surface area contributed by atoms with Gasteiger partial charge in [-0.05, 0) is 17.5 Å². The highest BCUT2D eigenvalue weighted by Crippen LogP contribution is 2.32. The van der Waals surface area contributed by atoms with Gasteiger partial charge in [0.15, 0.2) is 0 Å². The summed E-state index contributed by atoms with van der Waals surface area (Å²) in [5.41, 5.74) is 1.33. The predicted molar refractivity (Wildman–Crippen MR) is 107 cm³/mol. The summed E-state index contributed by atoms with van der Waals surface area (Å²) in [6.07, 6.45) is -8.27. The van der Waals surface area contributed by atoms with Crippen LogP contribution >= 0.6 is 0 Å². The molecule has 0 unspecified atom stereocenters. The number of rotatable bonds is 6. The molecule has 0 bridgehead atoms. The molecule has 2 aliphatic heterocycles. The van der Waals surface area contributed by atoms with Gasteiger partial charge >= 0.3 is 0 Å². The van der Waals surface area contributed by atoms with Crippen LogP contribution < -0.4 is 0 Å². The zero-order chi connectivity index (χ0) is 22.7. The van der Waals surface area contributed by atoms with Gasteiger partial charge in [-0.1, -0.05) is 36.4 Å². The van der Waals surface area contributed by atoms with Crippen molar-refractivity contribution in [2.75, 3.05) is 13.2 Å². The zero-order valence-corrected chi connectivity index (χ0v) is 16.8. The van der Waals surface area contributed by atoms with Crippen LogP contribution in [-0.2, 0) is 9.47 Å². The first-order chi connectivity index (χ1) is 14.8. The van der Waals surface area contributed by atoms with Crippen LogP contribution in [0, 0.1) is 0 Å². The second-order valence-electron chi connectivity index (χ2n) is 7.92. The number of aliphatic hydroxyl groups excluding tert-OH is 8. The van der Waals surface area contributed by atoms with E-state index in [1.54, 1.807) is 36.4 Å². The summed E-state index contributed by atoms with van der Waals surface area (Å²) in [6, 6.07) is 6.84. The molecule has 0 radical (unpaired) electrons. The first kappa shape index (κ1) is 24.2. The van der Waals surface area contributed by atoms with Crippen molar-refractivity contribution in [3.8, 4) is 0 Å². The van der Waals surface area contributed by atoms with Gasteiger partial charge < -0.3 is 50.3 Å². The van der Waals surface area contributed by atoms with Gasteiger partial charge in [-0.2, -0.15) is 0 Å². The molecule has 1 aromatic carbocycles. The molecule has 0 aromatic heterocycles. The third-order valence-corrected chi connectivity index (χ3v) is 5.83. The van der Waals surface area contributed by atoms with E-state index < -0.39 is 74.3 Å². The average Bonchev–Trinajstić information content (AvgIpc) is 2.78. The second kappa shape index (κ2) is 10.5. The number of benzene rings is 1. The fraction of sp³-hybridized carbons (Fsp3) is 0.619. The van der Waals surface area contributed by atoms with E-state index in [-0.39, 0.29) is 6.42 Å². The molecule has 2 saturated heterocycles. The van der Waals surface area contributed by atoms with Crippen molar-refractivity contribution < 1.29 is 50.3 Å². The Morgan fingerprint density at radius 1 is 0.645 bits per heavy atom. The van der Waals surface area contributed by atoms with E-state index in [9.17, 15) is 40.9 Å². The smallest absolute Gasteiger partial charge is 0.113 e. The lowest BCUT2D eigenvalue weighted by molar-refractivity contribution is -0.231. The van der Waals surface area contributed by atoms with Gasteiger partial charge in [0.05, 0.1) is 19.3 Å². The molecule has 10 heteroatoms. The standard InChI is InChI=1S/C21H30O10/c22-8-13-16(25)18(27)15(24)12(30-13)3-1-2-10-4-6-11(7-5-10)21-20(29)19(28)17(26)14(9-23)31-21/h1-2,4-7,12-29H,3,8-9H2/b2-1+/t12-,13-,14-,15-,16-,17-,18-,19+,20+,21-/m1/s1. The average molecular weight is 442 g/mol. The van der Waals surface area contributed by atoms with Crippen LogP contribution in [0.25, 0.3) is 6.08 Å². The van der Waals surface area contributed by atoms with Crippen LogP contribution in [0.4, 0.5) is 0 Å². The fourth-order valence-corrected chi connectivity index (χ4v) is 3.89. The molecule has 10 atom stereocenters. The molecule has 2 heterocycles. The van der Waals surface area contributed by atoms with Crippen molar-refractivity contribution in [2.24, 2.45) is 0 Å². The largest absolute Gasteiger partial charge is 0.394 e. The van der Waals surface area contributed by atoms with E-state index in [1.807, 2.05) is 0 Å². The molecule has 174 valence electrons. The van der Waals surface area contributed by atoms with Crippen molar-refractivity contribution in [1.82, 2.24) is 0 Å². The van der Waals surface area contributed by atoms with Gasteiger partial charge in [0.1, 0.15) is 54.9 Å². The van der Waals surface area contributed by atoms with E-state index in [2.05, 4.69) is 0 Å². The molecule has 0 spiro atoms. The maximum atomic E-state index is 10.2. The Morgan fingerprint density at radius 2 is 1.16 bits per heavy atom. The van der Waals surface area contributed by atoms with E-state index >= 15 is 0 Å². The van der Waals surface area contributed by atoms with Crippen LogP contribution in [0.15, 0.2) is 30.3 Å². The number of hydrogen-bond acceptors (Lipinski definition) is 10. The maximum Gasteiger partial charge on any atom is 0.113 e. The quantitative estimate of drug-likeness (QED) is 0.234. The molecule has 0 saturated carbocycles. The van der Waals surface area contributed by atoms with E-state index in [1.165, 1.54) is 0 Å². The Balaban J connectivity index is 1.62. The Morgan fingerprint density at radius 3 is 1.74 bits per heavy atom. The first-order valence-electron chi connectivity index (χ1n) is 10.2. The lowest BCUT2D eigenvalue weighted by Crippen LogP contribution is -2.58. The lowest BCUT2D eigenvalue weighted by atomic mass is 9.91.